The topological polar surface area (TPSA) is 51.5 Å². The first-order valence-electron chi connectivity index (χ1n) is 16.7. The van der Waals surface area contributed by atoms with Gasteiger partial charge in [0, 0.05) is 37.1 Å². The van der Waals surface area contributed by atoms with Crippen LogP contribution in [0.4, 0.5) is 11.4 Å². The average Bonchev–Trinajstić information content (AvgIpc) is 3.58. The number of aliphatic imine (C=N–C) groups is 1. The minimum Gasteiger partial charge on any atom is -0.455 e. The molecule has 0 spiro atoms. The third-order valence-electron chi connectivity index (χ3n) is 9.65. The second kappa shape index (κ2) is 12.6. The lowest BCUT2D eigenvalue weighted by atomic mass is 9.97. The Morgan fingerprint density at radius 2 is 0.980 bits per heavy atom. The Bertz CT molecular complexity index is 2740. The van der Waals surface area contributed by atoms with Gasteiger partial charge >= 0.3 is 0 Å². The Hall–Kier alpha value is -5.72. The summed E-state index contributed by atoms with van der Waals surface area (Å²) < 4.78 is 7.54. The van der Waals surface area contributed by atoms with Gasteiger partial charge in [-0.05, 0) is 44.7 Å². The molecular formula is C46H31IN2O. The van der Waals surface area contributed by atoms with Crippen LogP contribution in [0, 0.1) is 0 Å². The van der Waals surface area contributed by atoms with Crippen molar-refractivity contribution in [3.05, 3.63) is 169 Å². The van der Waals surface area contributed by atoms with Crippen LogP contribution in [0.3, 0.4) is 0 Å². The molecule has 50 heavy (non-hydrogen) atoms. The fraction of sp³-hybridized carbons (Fsp3) is 0.0217. The molecule has 1 heterocycles. The predicted molar refractivity (Wildman–Crippen MR) is 221 cm³/mol. The van der Waals surface area contributed by atoms with Crippen molar-refractivity contribution >= 4 is 83.2 Å². The number of hydrogen-bond donors (Lipinski definition) is 1. The maximum atomic E-state index is 6.85. The number of furan rings is 1. The predicted octanol–water partition coefficient (Wildman–Crippen LogP) is 13.0. The van der Waals surface area contributed by atoms with Crippen LogP contribution < -0.4 is 5.73 Å². The molecule has 3 nitrogen and oxygen atoms in total. The molecule has 4 heteroatoms. The van der Waals surface area contributed by atoms with Crippen LogP contribution in [0.15, 0.2) is 173 Å². The van der Waals surface area contributed by atoms with E-state index >= 15 is 0 Å². The van der Waals surface area contributed by atoms with Gasteiger partial charge in [-0.2, -0.15) is 0 Å². The molecule has 0 fully saturated rings. The number of anilines is 1. The zero-order valence-electron chi connectivity index (χ0n) is 27.1. The minimum atomic E-state index is 0.704. The Balaban J connectivity index is 1.15. The third kappa shape index (κ3) is 5.15. The van der Waals surface area contributed by atoms with E-state index in [1.807, 2.05) is 12.1 Å². The Morgan fingerprint density at radius 1 is 0.480 bits per heavy atom. The first-order valence-corrected chi connectivity index (χ1v) is 18.2. The van der Waals surface area contributed by atoms with Crippen LogP contribution in [0.2, 0.25) is 0 Å². The number of para-hydroxylation sites is 2. The highest BCUT2D eigenvalue weighted by Crippen LogP contribution is 2.42. The highest BCUT2D eigenvalue weighted by molar-refractivity contribution is 14.1. The van der Waals surface area contributed by atoms with Gasteiger partial charge in [-0.1, -0.05) is 180 Å². The van der Waals surface area contributed by atoms with Crippen LogP contribution in [0.1, 0.15) is 5.56 Å². The molecule has 1 aromatic heterocycles. The number of hydrogen-bond acceptors (Lipinski definition) is 3. The molecular weight excluding hydrogens is 723 g/mol. The van der Waals surface area contributed by atoms with E-state index < -0.39 is 0 Å². The van der Waals surface area contributed by atoms with Crippen molar-refractivity contribution in [2.75, 3.05) is 10.2 Å². The van der Waals surface area contributed by atoms with Crippen LogP contribution >= 0.6 is 22.6 Å². The zero-order valence-corrected chi connectivity index (χ0v) is 29.3. The number of nitrogens with zero attached hydrogens (tertiary/aromatic N) is 1. The number of benzene rings is 8. The van der Waals surface area contributed by atoms with Crippen molar-refractivity contribution in [1.82, 2.24) is 0 Å². The monoisotopic (exact) mass is 754 g/mol. The molecule has 0 radical (unpaired) electrons. The molecule has 0 bridgehead atoms. The molecule has 2 N–H and O–H groups in total. The molecule has 9 rings (SSSR count). The fourth-order valence-electron chi connectivity index (χ4n) is 7.19. The van der Waals surface area contributed by atoms with E-state index in [-0.39, 0.29) is 0 Å². The molecule has 0 saturated heterocycles. The summed E-state index contributed by atoms with van der Waals surface area (Å²) in [6, 6.07) is 57.4. The van der Waals surface area contributed by atoms with Crippen LogP contribution in [0.5, 0.6) is 0 Å². The van der Waals surface area contributed by atoms with Crippen LogP contribution in [0.25, 0.3) is 76.9 Å². The molecule has 0 aliphatic rings. The van der Waals surface area contributed by atoms with Crippen molar-refractivity contribution in [3.63, 3.8) is 0 Å². The molecule has 0 aliphatic carbocycles. The molecule has 0 amide bonds. The molecule has 9 aromatic rings. The van der Waals surface area contributed by atoms with E-state index in [1.54, 1.807) is 0 Å². The number of nitrogens with two attached hydrogens (primary N) is 1. The third-order valence-corrected chi connectivity index (χ3v) is 10.4. The van der Waals surface area contributed by atoms with Crippen molar-refractivity contribution in [2.45, 2.75) is 0 Å². The van der Waals surface area contributed by atoms with E-state index in [4.69, 9.17) is 15.1 Å². The summed E-state index contributed by atoms with van der Waals surface area (Å²) >= 11 is 2.41. The Labute approximate surface area is 303 Å². The normalized spacial score (nSPS) is 12.0. The van der Waals surface area contributed by atoms with E-state index in [2.05, 4.69) is 174 Å². The summed E-state index contributed by atoms with van der Waals surface area (Å²) in [7, 11) is 0. The summed E-state index contributed by atoms with van der Waals surface area (Å²) in [5, 5.41) is 6.58. The van der Waals surface area contributed by atoms with E-state index in [0.717, 1.165) is 87.1 Å². The van der Waals surface area contributed by atoms with Gasteiger partial charge in [0.05, 0.1) is 17.1 Å². The SMILES string of the molecule is Nc1c(/N=C(\CI)c2cccc(-c3cccc4c3oc3c(-c5ccc(-c6ccccc6)cc5)cccc34)c2)c2ccccc2c2ccccc12. The molecule has 0 aliphatic heterocycles. The van der Waals surface area contributed by atoms with Gasteiger partial charge in [0.1, 0.15) is 11.2 Å². The van der Waals surface area contributed by atoms with E-state index in [9.17, 15) is 0 Å². The maximum Gasteiger partial charge on any atom is 0.143 e. The summed E-state index contributed by atoms with van der Waals surface area (Å²) in [4.78, 5) is 5.29. The van der Waals surface area contributed by atoms with Crippen molar-refractivity contribution in [2.24, 2.45) is 4.99 Å². The zero-order chi connectivity index (χ0) is 33.6. The second-order valence-electron chi connectivity index (χ2n) is 12.5. The summed E-state index contributed by atoms with van der Waals surface area (Å²) in [6.07, 6.45) is 0. The largest absolute Gasteiger partial charge is 0.455 e. The number of rotatable bonds is 6. The Kier molecular flexibility index (Phi) is 7.66. The second-order valence-corrected chi connectivity index (χ2v) is 13.3. The quantitative estimate of drug-likeness (QED) is 0.0604. The number of fused-ring (bicyclic) bond motifs is 6. The highest BCUT2D eigenvalue weighted by atomic mass is 127. The smallest absolute Gasteiger partial charge is 0.143 e. The minimum absolute atomic E-state index is 0.704. The maximum absolute atomic E-state index is 6.85. The fourth-order valence-corrected chi connectivity index (χ4v) is 7.80. The molecule has 238 valence electrons. The van der Waals surface area contributed by atoms with Crippen LogP contribution in [-0.2, 0) is 0 Å². The first kappa shape index (κ1) is 30.3. The molecule has 0 atom stereocenters. The molecule has 8 aromatic carbocycles. The first-order chi connectivity index (χ1) is 24.7. The van der Waals surface area contributed by atoms with Crippen molar-refractivity contribution in [1.29, 1.82) is 0 Å². The number of halogens is 1. The lowest BCUT2D eigenvalue weighted by Gasteiger charge is -2.13. The number of nitrogen functional groups attached to an aromatic ring is 1. The summed E-state index contributed by atoms with van der Waals surface area (Å²) in [5.74, 6) is 0. The lowest BCUT2D eigenvalue weighted by molar-refractivity contribution is 0.671. The summed E-state index contributed by atoms with van der Waals surface area (Å²) in [5.41, 5.74) is 18.9. The standard InChI is InChI=1S/C46H31IN2O/c47-28-42(49-44-39-18-7-5-16-37(39)36-15-4-6-17-38(36)43(44)48)33-14-8-13-32(27-33)35-20-10-22-41-40-21-9-19-34(45(40)50-46(35)41)31-25-23-30(24-26-31)29-11-2-1-3-12-29/h1-27H,28,48H2/b49-42+. The van der Waals surface area contributed by atoms with Gasteiger partial charge in [0.25, 0.3) is 0 Å². The highest BCUT2D eigenvalue weighted by Gasteiger charge is 2.17. The molecule has 0 saturated carbocycles. The van der Waals surface area contributed by atoms with Crippen molar-refractivity contribution in [3.8, 4) is 33.4 Å². The molecule has 0 unspecified atom stereocenters. The van der Waals surface area contributed by atoms with Crippen LogP contribution in [-0.4, -0.2) is 10.1 Å². The van der Waals surface area contributed by atoms with E-state index in [1.165, 1.54) is 11.1 Å². The summed E-state index contributed by atoms with van der Waals surface area (Å²) in [6.45, 7) is 0. The van der Waals surface area contributed by atoms with E-state index in [0.29, 0.717) is 5.69 Å². The lowest BCUT2D eigenvalue weighted by Crippen LogP contribution is -2.03. The van der Waals surface area contributed by atoms with Gasteiger partial charge < -0.3 is 10.2 Å². The van der Waals surface area contributed by atoms with Crippen molar-refractivity contribution < 1.29 is 4.42 Å². The van der Waals surface area contributed by atoms with Gasteiger partial charge in [-0.15, -0.1) is 0 Å². The van der Waals surface area contributed by atoms with Gasteiger partial charge in [0.15, 0.2) is 0 Å². The van der Waals surface area contributed by atoms with Gasteiger partial charge in [-0.25, -0.2) is 4.99 Å². The van der Waals surface area contributed by atoms with Gasteiger partial charge in [0.2, 0.25) is 0 Å². The van der Waals surface area contributed by atoms with Gasteiger partial charge in [-0.3, -0.25) is 0 Å². The average molecular weight is 755 g/mol. The number of alkyl halides is 1. The Morgan fingerprint density at radius 3 is 1.66 bits per heavy atom.